The highest BCUT2D eigenvalue weighted by atomic mass is 35.5. The van der Waals surface area contributed by atoms with Crippen LogP contribution < -0.4 is 10.1 Å². The number of anilines is 1. The van der Waals surface area contributed by atoms with Crippen LogP contribution in [0, 0.1) is 5.82 Å². The summed E-state index contributed by atoms with van der Waals surface area (Å²) in [6, 6.07) is 8.26. The van der Waals surface area contributed by atoms with E-state index >= 15 is 0 Å². The second-order valence-corrected chi connectivity index (χ2v) is 5.31. The van der Waals surface area contributed by atoms with Crippen LogP contribution in [-0.4, -0.2) is 7.11 Å². The lowest BCUT2D eigenvalue weighted by atomic mass is 10.2. The number of ether oxygens (including phenoxy) is 1. The van der Waals surface area contributed by atoms with Crippen molar-refractivity contribution < 1.29 is 9.13 Å². The molecule has 0 saturated heterocycles. The summed E-state index contributed by atoms with van der Waals surface area (Å²) >= 11 is 17.4. The minimum atomic E-state index is -0.626. The molecule has 0 aliphatic heterocycles. The molecule has 2 nitrogen and oxygen atoms in total. The second kappa shape index (κ2) is 6.53. The van der Waals surface area contributed by atoms with Gasteiger partial charge in [-0.25, -0.2) is 4.39 Å². The maximum atomic E-state index is 13.3. The van der Waals surface area contributed by atoms with Gasteiger partial charge in [0.25, 0.3) is 0 Å². The molecule has 0 bridgehead atoms. The maximum absolute atomic E-state index is 13.3. The lowest BCUT2D eigenvalue weighted by molar-refractivity contribution is 0.410. The Balaban J connectivity index is 2.18. The smallest absolute Gasteiger partial charge is 0.160 e. The van der Waals surface area contributed by atoms with E-state index in [4.69, 9.17) is 39.5 Å². The largest absolute Gasteiger partial charge is 0.496 e. The molecule has 20 heavy (non-hydrogen) atoms. The van der Waals surface area contributed by atoms with Gasteiger partial charge in [0.1, 0.15) is 5.75 Å². The molecule has 0 atom stereocenters. The first-order valence-corrected chi connectivity index (χ1v) is 6.85. The first-order chi connectivity index (χ1) is 9.51. The molecule has 6 heteroatoms. The van der Waals surface area contributed by atoms with Gasteiger partial charge in [-0.05, 0) is 30.3 Å². The molecule has 2 aromatic carbocycles. The predicted octanol–water partition coefficient (Wildman–Crippen LogP) is 5.41. The Labute approximate surface area is 131 Å². The Morgan fingerprint density at radius 1 is 1.10 bits per heavy atom. The molecule has 2 aromatic rings. The summed E-state index contributed by atoms with van der Waals surface area (Å²) in [5.41, 5.74) is 1.49. The number of nitrogens with one attached hydrogen (secondary N) is 1. The van der Waals surface area contributed by atoms with Crippen LogP contribution in [0.5, 0.6) is 5.75 Å². The minimum Gasteiger partial charge on any atom is -0.496 e. The average Bonchev–Trinajstić information content (AvgIpc) is 2.42. The van der Waals surface area contributed by atoms with Gasteiger partial charge in [-0.3, -0.25) is 0 Å². The normalized spacial score (nSPS) is 10.4. The van der Waals surface area contributed by atoms with E-state index < -0.39 is 5.82 Å². The summed E-state index contributed by atoms with van der Waals surface area (Å²) in [5, 5.41) is 3.65. The number of hydrogen-bond acceptors (Lipinski definition) is 2. The second-order valence-electron chi connectivity index (χ2n) is 4.06. The van der Waals surface area contributed by atoms with Gasteiger partial charge < -0.3 is 10.1 Å². The van der Waals surface area contributed by atoms with Crippen molar-refractivity contribution in [3.63, 3.8) is 0 Å². The fourth-order valence-corrected chi connectivity index (χ4v) is 2.42. The van der Waals surface area contributed by atoms with E-state index in [9.17, 15) is 4.39 Å². The molecular weight excluding hydrogens is 324 g/mol. The van der Waals surface area contributed by atoms with Gasteiger partial charge in [-0.15, -0.1) is 0 Å². The minimum absolute atomic E-state index is 0.0296. The van der Waals surface area contributed by atoms with E-state index in [1.165, 1.54) is 12.1 Å². The van der Waals surface area contributed by atoms with Crippen LogP contribution in [-0.2, 0) is 6.54 Å². The van der Waals surface area contributed by atoms with Crippen LogP contribution in [0.1, 0.15) is 5.56 Å². The topological polar surface area (TPSA) is 21.3 Å². The molecule has 0 spiro atoms. The number of rotatable bonds is 4. The maximum Gasteiger partial charge on any atom is 0.160 e. The quantitative estimate of drug-likeness (QED) is 0.755. The fraction of sp³-hybridized carbons (Fsp3) is 0.143. The molecule has 0 amide bonds. The van der Waals surface area contributed by atoms with E-state index in [2.05, 4.69) is 5.32 Å². The number of methoxy groups -OCH3 is 1. The van der Waals surface area contributed by atoms with E-state index in [1.807, 2.05) is 0 Å². The molecule has 0 aliphatic carbocycles. The Kier molecular flexibility index (Phi) is 4.97. The zero-order valence-electron chi connectivity index (χ0n) is 10.5. The van der Waals surface area contributed by atoms with Crippen molar-refractivity contribution in [2.24, 2.45) is 0 Å². The van der Waals surface area contributed by atoms with Gasteiger partial charge in [0.2, 0.25) is 0 Å². The van der Waals surface area contributed by atoms with Crippen molar-refractivity contribution in [1.82, 2.24) is 0 Å². The summed E-state index contributed by atoms with van der Waals surface area (Å²) < 4.78 is 18.6. The lowest BCUT2D eigenvalue weighted by Gasteiger charge is -2.12. The molecule has 0 radical (unpaired) electrons. The van der Waals surface area contributed by atoms with Crippen LogP contribution in [0.3, 0.4) is 0 Å². The first kappa shape index (κ1) is 15.2. The zero-order chi connectivity index (χ0) is 14.7. The van der Waals surface area contributed by atoms with Crippen LogP contribution >= 0.6 is 34.8 Å². The highest BCUT2D eigenvalue weighted by Crippen LogP contribution is 2.28. The van der Waals surface area contributed by atoms with Crippen LogP contribution in [0.4, 0.5) is 10.1 Å². The van der Waals surface area contributed by atoms with Crippen molar-refractivity contribution in [1.29, 1.82) is 0 Å². The molecule has 0 saturated carbocycles. The first-order valence-electron chi connectivity index (χ1n) is 5.72. The van der Waals surface area contributed by atoms with Crippen molar-refractivity contribution in [3.05, 3.63) is 56.8 Å². The van der Waals surface area contributed by atoms with Crippen molar-refractivity contribution in [2.75, 3.05) is 12.4 Å². The fourth-order valence-electron chi connectivity index (χ4n) is 1.74. The van der Waals surface area contributed by atoms with Crippen molar-refractivity contribution >= 4 is 40.5 Å². The molecule has 0 fully saturated rings. The van der Waals surface area contributed by atoms with Gasteiger partial charge in [0.05, 0.1) is 17.2 Å². The molecule has 1 N–H and O–H groups in total. The van der Waals surface area contributed by atoms with Crippen molar-refractivity contribution in [3.8, 4) is 5.75 Å². The summed E-state index contributed by atoms with van der Waals surface area (Å²) in [5.74, 6) is 0.0837. The van der Waals surface area contributed by atoms with Gasteiger partial charge >= 0.3 is 0 Å². The standard InChI is InChI=1S/C14H11Cl3FNO/c1-20-13-3-2-9(15)4-8(13)7-19-10-5-11(16)14(18)12(17)6-10/h2-6,19H,7H2,1H3. The van der Waals surface area contributed by atoms with E-state index in [-0.39, 0.29) is 10.0 Å². The molecule has 0 aliphatic rings. The zero-order valence-corrected chi connectivity index (χ0v) is 12.8. The third kappa shape index (κ3) is 3.48. The van der Waals surface area contributed by atoms with Crippen LogP contribution in [0.2, 0.25) is 15.1 Å². The Hall–Kier alpha value is -1.16. The summed E-state index contributed by atoms with van der Waals surface area (Å²) in [7, 11) is 1.58. The summed E-state index contributed by atoms with van der Waals surface area (Å²) in [6.45, 7) is 0.446. The Morgan fingerprint density at radius 3 is 2.35 bits per heavy atom. The third-order valence-corrected chi connectivity index (χ3v) is 3.49. The van der Waals surface area contributed by atoms with Gasteiger partial charge in [-0.1, -0.05) is 34.8 Å². The Morgan fingerprint density at radius 2 is 1.75 bits per heavy atom. The average molecular weight is 335 g/mol. The molecule has 0 aromatic heterocycles. The molecule has 0 unspecified atom stereocenters. The van der Waals surface area contributed by atoms with Gasteiger partial charge in [0.15, 0.2) is 5.82 Å². The third-order valence-electron chi connectivity index (χ3n) is 2.71. The Bertz CT molecular complexity index is 611. The highest BCUT2D eigenvalue weighted by molar-refractivity contribution is 6.35. The van der Waals surface area contributed by atoms with E-state index in [1.54, 1.807) is 25.3 Å². The van der Waals surface area contributed by atoms with Crippen molar-refractivity contribution in [2.45, 2.75) is 6.54 Å². The van der Waals surface area contributed by atoms with Crippen LogP contribution in [0.25, 0.3) is 0 Å². The molecule has 2 rings (SSSR count). The van der Waals surface area contributed by atoms with Crippen LogP contribution in [0.15, 0.2) is 30.3 Å². The molecule has 106 valence electrons. The monoisotopic (exact) mass is 333 g/mol. The highest BCUT2D eigenvalue weighted by Gasteiger charge is 2.08. The number of halogens is 4. The number of benzene rings is 2. The lowest BCUT2D eigenvalue weighted by Crippen LogP contribution is -2.02. The summed E-state index contributed by atoms with van der Waals surface area (Å²) in [4.78, 5) is 0. The number of hydrogen-bond donors (Lipinski definition) is 1. The SMILES string of the molecule is COc1ccc(Cl)cc1CNc1cc(Cl)c(F)c(Cl)c1. The summed E-state index contributed by atoms with van der Waals surface area (Å²) in [6.07, 6.45) is 0. The predicted molar refractivity (Wildman–Crippen MR) is 81.8 cm³/mol. The van der Waals surface area contributed by atoms with E-state index in [0.717, 1.165) is 5.56 Å². The molecular formula is C14H11Cl3FNO. The molecule has 0 heterocycles. The van der Waals surface area contributed by atoms with E-state index in [0.29, 0.717) is 23.0 Å². The van der Waals surface area contributed by atoms with Gasteiger partial charge in [-0.2, -0.15) is 0 Å². The van der Waals surface area contributed by atoms with Gasteiger partial charge in [0, 0.05) is 22.8 Å².